The van der Waals surface area contributed by atoms with Crippen LogP contribution in [0.1, 0.15) is 49.8 Å². The van der Waals surface area contributed by atoms with Crippen LogP contribution in [0.5, 0.6) is 0 Å². The summed E-state index contributed by atoms with van der Waals surface area (Å²) in [5.41, 5.74) is 3.93. The molecule has 1 fully saturated rings. The molecule has 3 unspecified atom stereocenters. The van der Waals surface area contributed by atoms with Gasteiger partial charge in [0, 0.05) is 30.2 Å². The minimum absolute atomic E-state index is 0.278. The number of hydrogen-bond acceptors (Lipinski definition) is 3. The zero-order chi connectivity index (χ0) is 20.6. The van der Waals surface area contributed by atoms with Gasteiger partial charge in [0.1, 0.15) is 0 Å². The van der Waals surface area contributed by atoms with E-state index in [-0.39, 0.29) is 6.61 Å². The Labute approximate surface area is 181 Å². The Hall–Kier alpha value is -1.39. The molecule has 2 N–H and O–H groups in total. The Morgan fingerprint density at radius 2 is 1.90 bits per heavy atom. The molecule has 0 aromatic heterocycles. The summed E-state index contributed by atoms with van der Waals surface area (Å²) in [7, 11) is 0. The van der Waals surface area contributed by atoms with Crippen LogP contribution in [0.15, 0.2) is 48.5 Å². The first kappa shape index (κ1) is 22.3. The molecule has 0 bridgehead atoms. The number of halogens is 1. The van der Waals surface area contributed by atoms with Crippen molar-refractivity contribution in [1.29, 1.82) is 0 Å². The molecule has 3 atom stereocenters. The van der Waals surface area contributed by atoms with Crippen molar-refractivity contribution in [3.63, 3.8) is 0 Å². The quantitative estimate of drug-likeness (QED) is 0.580. The van der Waals surface area contributed by atoms with Crippen molar-refractivity contribution in [3.05, 3.63) is 70.2 Å². The molecule has 1 saturated heterocycles. The number of hydrogen-bond donors (Lipinski definition) is 2. The molecule has 2 aromatic rings. The van der Waals surface area contributed by atoms with Crippen molar-refractivity contribution >= 4 is 11.6 Å². The second-order valence-electron chi connectivity index (χ2n) is 8.47. The second-order valence-corrected chi connectivity index (χ2v) is 8.91. The van der Waals surface area contributed by atoms with Gasteiger partial charge in [-0.05, 0) is 60.5 Å². The molecule has 3 rings (SSSR count). The first-order valence-electron chi connectivity index (χ1n) is 11.0. The van der Waals surface area contributed by atoms with Crippen LogP contribution in [-0.2, 0) is 13.0 Å². The predicted molar refractivity (Wildman–Crippen MR) is 122 cm³/mol. The molecule has 0 radical (unpaired) electrons. The van der Waals surface area contributed by atoms with E-state index in [1.54, 1.807) is 0 Å². The third-order valence-electron chi connectivity index (χ3n) is 6.35. The average Bonchev–Trinajstić information content (AvgIpc) is 3.19. The number of nitrogens with one attached hydrogen (secondary N) is 1. The predicted octanol–water partition coefficient (Wildman–Crippen LogP) is 4.89. The first-order chi connectivity index (χ1) is 14.1. The lowest BCUT2D eigenvalue weighted by Gasteiger charge is -2.32. The van der Waals surface area contributed by atoms with Gasteiger partial charge in [-0.25, -0.2) is 0 Å². The van der Waals surface area contributed by atoms with Crippen LogP contribution in [0.25, 0.3) is 0 Å². The fourth-order valence-electron chi connectivity index (χ4n) is 4.26. The normalized spacial score (nSPS) is 19.4. The van der Waals surface area contributed by atoms with Crippen LogP contribution in [0.2, 0.25) is 5.02 Å². The Kier molecular flexibility index (Phi) is 8.55. The second kappa shape index (κ2) is 11.1. The van der Waals surface area contributed by atoms with Crippen molar-refractivity contribution in [1.82, 2.24) is 10.2 Å². The van der Waals surface area contributed by atoms with Crippen molar-refractivity contribution in [2.24, 2.45) is 5.92 Å². The molecule has 2 aromatic carbocycles. The van der Waals surface area contributed by atoms with E-state index >= 15 is 0 Å². The molecular weight excluding hydrogens is 380 g/mol. The monoisotopic (exact) mass is 414 g/mol. The van der Waals surface area contributed by atoms with E-state index in [4.69, 9.17) is 11.6 Å². The summed E-state index contributed by atoms with van der Waals surface area (Å²) in [5, 5.41) is 14.2. The number of likely N-dealkylation sites (tertiary alicyclic amines) is 1. The summed E-state index contributed by atoms with van der Waals surface area (Å²) in [6.07, 6.45) is 4.40. The molecule has 158 valence electrons. The maximum absolute atomic E-state index is 9.65. The highest BCUT2D eigenvalue weighted by Crippen LogP contribution is 2.20. The zero-order valence-corrected chi connectivity index (χ0v) is 18.5. The highest BCUT2D eigenvalue weighted by Gasteiger charge is 2.27. The van der Waals surface area contributed by atoms with Gasteiger partial charge in [-0.3, -0.25) is 4.90 Å². The molecule has 0 saturated carbocycles. The highest BCUT2D eigenvalue weighted by atomic mass is 35.5. The number of aliphatic hydroxyl groups excluding tert-OH is 1. The van der Waals surface area contributed by atoms with Gasteiger partial charge in [-0.2, -0.15) is 0 Å². The summed E-state index contributed by atoms with van der Waals surface area (Å²) in [6, 6.07) is 17.7. The van der Waals surface area contributed by atoms with Crippen molar-refractivity contribution in [2.45, 2.75) is 58.2 Å². The van der Waals surface area contributed by atoms with Gasteiger partial charge in [0.05, 0.1) is 6.61 Å². The minimum atomic E-state index is 0.278. The Morgan fingerprint density at radius 1 is 1.14 bits per heavy atom. The lowest BCUT2D eigenvalue weighted by atomic mass is 9.97. The third kappa shape index (κ3) is 6.55. The molecular formula is C25H35ClN2O. The average molecular weight is 415 g/mol. The van der Waals surface area contributed by atoms with Crippen LogP contribution in [0.4, 0.5) is 0 Å². The van der Waals surface area contributed by atoms with Crippen LogP contribution in [-0.4, -0.2) is 41.8 Å². The van der Waals surface area contributed by atoms with Crippen LogP contribution >= 0.6 is 11.6 Å². The number of nitrogens with zero attached hydrogens (tertiary/aromatic N) is 1. The lowest BCUT2D eigenvalue weighted by Crippen LogP contribution is -2.46. The van der Waals surface area contributed by atoms with Gasteiger partial charge < -0.3 is 10.4 Å². The van der Waals surface area contributed by atoms with Gasteiger partial charge in [0.25, 0.3) is 0 Å². The highest BCUT2D eigenvalue weighted by molar-refractivity contribution is 6.30. The smallest absolute Gasteiger partial charge is 0.0586 e. The zero-order valence-electron chi connectivity index (χ0n) is 17.8. The van der Waals surface area contributed by atoms with E-state index in [1.807, 2.05) is 12.1 Å². The molecule has 0 amide bonds. The SMILES string of the molecule is CCC(C)C(CN1CCCC1CO)NCc1cccc(Cc2ccc(Cl)cc2)c1. The molecule has 0 spiro atoms. The van der Waals surface area contributed by atoms with Crippen LogP contribution < -0.4 is 5.32 Å². The fourth-order valence-corrected chi connectivity index (χ4v) is 4.39. The van der Waals surface area contributed by atoms with E-state index in [9.17, 15) is 5.11 Å². The Morgan fingerprint density at radius 3 is 2.62 bits per heavy atom. The van der Waals surface area contributed by atoms with Gasteiger partial charge in [-0.1, -0.05) is 68.3 Å². The first-order valence-corrected chi connectivity index (χ1v) is 11.4. The van der Waals surface area contributed by atoms with Crippen LogP contribution in [0.3, 0.4) is 0 Å². The van der Waals surface area contributed by atoms with Crippen molar-refractivity contribution < 1.29 is 5.11 Å². The number of rotatable bonds is 10. The number of benzene rings is 2. The standard InChI is InChI=1S/C25H35ClN2O/c1-3-19(2)25(17-28-13-5-8-24(28)18-29)27-16-22-7-4-6-21(15-22)14-20-9-11-23(26)12-10-20/h4,6-7,9-12,15,19,24-25,27,29H,3,5,8,13-14,16-18H2,1-2H3. The fraction of sp³-hybridized carbons (Fsp3) is 0.520. The lowest BCUT2D eigenvalue weighted by molar-refractivity contribution is 0.136. The maximum Gasteiger partial charge on any atom is 0.0586 e. The Bertz CT molecular complexity index is 749. The third-order valence-corrected chi connectivity index (χ3v) is 6.61. The van der Waals surface area contributed by atoms with Gasteiger partial charge in [0.15, 0.2) is 0 Å². The summed E-state index contributed by atoms with van der Waals surface area (Å²) in [6.45, 7) is 7.88. The van der Waals surface area contributed by atoms with Crippen molar-refractivity contribution in [3.8, 4) is 0 Å². The molecule has 29 heavy (non-hydrogen) atoms. The molecule has 3 nitrogen and oxygen atoms in total. The molecule has 4 heteroatoms. The summed E-state index contributed by atoms with van der Waals surface area (Å²) < 4.78 is 0. The molecule has 1 aliphatic heterocycles. The van der Waals surface area contributed by atoms with Crippen molar-refractivity contribution in [2.75, 3.05) is 19.7 Å². The van der Waals surface area contributed by atoms with E-state index in [1.165, 1.54) is 23.1 Å². The molecule has 1 heterocycles. The van der Waals surface area contributed by atoms with Gasteiger partial charge in [0.2, 0.25) is 0 Å². The minimum Gasteiger partial charge on any atom is -0.395 e. The van der Waals surface area contributed by atoms with Gasteiger partial charge >= 0.3 is 0 Å². The van der Waals surface area contributed by atoms with Crippen LogP contribution in [0, 0.1) is 5.92 Å². The van der Waals surface area contributed by atoms with E-state index < -0.39 is 0 Å². The van der Waals surface area contributed by atoms with E-state index in [2.05, 4.69) is 60.5 Å². The summed E-state index contributed by atoms with van der Waals surface area (Å²) in [5.74, 6) is 0.604. The topological polar surface area (TPSA) is 35.5 Å². The number of aliphatic hydroxyl groups is 1. The summed E-state index contributed by atoms with van der Waals surface area (Å²) >= 11 is 6.00. The Balaban J connectivity index is 1.60. The summed E-state index contributed by atoms with van der Waals surface area (Å²) in [4.78, 5) is 2.47. The van der Waals surface area contributed by atoms with Gasteiger partial charge in [-0.15, -0.1) is 0 Å². The van der Waals surface area contributed by atoms with E-state index in [0.29, 0.717) is 18.0 Å². The largest absolute Gasteiger partial charge is 0.395 e. The van der Waals surface area contributed by atoms with E-state index in [0.717, 1.165) is 43.9 Å². The molecule has 0 aliphatic carbocycles. The maximum atomic E-state index is 9.65. The molecule has 1 aliphatic rings.